The van der Waals surface area contributed by atoms with E-state index >= 15 is 0 Å². The molecule has 1 fully saturated rings. The summed E-state index contributed by atoms with van der Waals surface area (Å²) in [6, 6.07) is 7.43. The summed E-state index contributed by atoms with van der Waals surface area (Å²) in [5, 5.41) is 9.15. The molecule has 0 bridgehead atoms. The van der Waals surface area contributed by atoms with E-state index in [1.54, 1.807) is 0 Å². The van der Waals surface area contributed by atoms with E-state index in [2.05, 4.69) is 22.9 Å². The molecule has 0 atom stereocenters. The van der Waals surface area contributed by atoms with Crippen LogP contribution < -0.4 is 16.0 Å². The summed E-state index contributed by atoms with van der Waals surface area (Å²) in [5.74, 6) is 0.219. The van der Waals surface area contributed by atoms with Crippen LogP contribution in [0.25, 0.3) is 0 Å². The van der Waals surface area contributed by atoms with Crippen LogP contribution >= 0.6 is 0 Å². The first kappa shape index (κ1) is 17.5. The molecule has 5 nitrogen and oxygen atoms in total. The monoisotopic (exact) mass is 317 g/mol. The quantitative estimate of drug-likeness (QED) is 0.672. The van der Waals surface area contributed by atoms with Crippen molar-refractivity contribution in [2.24, 2.45) is 5.92 Å². The van der Waals surface area contributed by atoms with Gasteiger partial charge in [0.1, 0.15) is 0 Å². The first-order valence-electron chi connectivity index (χ1n) is 8.56. The standard InChI is InChI=1S/C18H27N3O2/c1-2-3-10-20-17(22)15-6-4-14(5-7-15)13-21-18(23)16-8-11-19-12-9-16/h4-7,16,19H,2-3,8-13H2,1H3,(H,20,22)(H,21,23). The van der Waals surface area contributed by atoms with Crippen LogP contribution in [0.5, 0.6) is 0 Å². The highest BCUT2D eigenvalue weighted by Crippen LogP contribution is 2.12. The van der Waals surface area contributed by atoms with E-state index < -0.39 is 0 Å². The lowest BCUT2D eigenvalue weighted by Gasteiger charge is -2.21. The smallest absolute Gasteiger partial charge is 0.251 e. The van der Waals surface area contributed by atoms with E-state index in [9.17, 15) is 9.59 Å². The minimum atomic E-state index is -0.0382. The molecule has 1 aliphatic rings. The minimum Gasteiger partial charge on any atom is -0.352 e. The zero-order valence-electron chi connectivity index (χ0n) is 13.9. The summed E-state index contributed by atoms with van der Waals surface area (Å²) < 4.78 is 0. The fourth-order valence-electron chi connectivity index (χ4n) is 2.67. The number of carbonyl (C=O) groups is 2. The number of hydrogen-bond acceptors (Lipinski definition) is 3. The molecule has 3 N–H and O–H groups in total. The van der Waals surface area contributed by atoms with Gasteiger partial charge < -0.3 is 16.0 Å². The predicted octanol–water partition coefficient (Wildman–Crippen LogP) is 1.83. The molecule has 0 spiro atoms. The first-order chi connectivity index (χ1) is 11.2. The second-order valence-corrected chi connectivity index (χ2v) is 6.05. The SMILES string of the molecule is CCCCNC(=O)c1ccc(CNC(=O)C2CCNCC2)cc1. The van der Waals surface area contributed by atoms with Crippen molar-refractivity contribution in [3.8, 4) is 0 Å². The van der Waals surface area contributed by atoms with Crippen molar-refractivity contribution in [3.05, 3.63) is 35.4 Å². The number of nitrogens with one attached hydrogen (secondary N) is 3. The van der Waals surface area contributed by atoms with Crippen LogP contribution in [-0.4, -0.2) is 31.4 Å². The Morgan fingerprint density at radius 3 is 2.48 bits per heavy atom. The van der Waals surface area contributed by atoms with Gasteiger partial charge in [-0.3, -0.25) is 9.59 Å². The van der Waals surface area contributed by atoms with E-state index in [0.29, 0.717) is 18.7 Å². The number of carbonyl (C=O) groups excluding carboxylic acids is 2. The molecular weight excluding hydrogens is 290 g/mol. The molecule has 0 unspecified atom stereocenters. The molecule has 126 valence electrons. The number of benzene rings is 1. The predicted molar refractivity (Wildman–Crippen MR) is 91.1 cm³/mol. The normalized spacial score (nSPS) is 15.2. The van der Waals surface area contributed by atoms with Crippen LogP contribution in [0.2, 0.25) is 0 Å². The van der Waals surface area contributed by atoms with Crippen molar-refractivity contribution in [2.75, 3.05) is 19.6 Å². The van der Waals surface area contributed by atoms with Gasteiger partial charge in [-0.25, -0.2) is 0 Å². The molecule has 2 amide bonds. The number of hydrogen-bond donors (Lipinski definition) is 3. The lowest BCUT2D eigenvalue weighted by molar-refractivity contribution is -0.125. The van der Waals surface area contributed by atoms with Crippen molar-refractivity contribution < 1.29 is 9.59 Å². The maximum absolute atomic E-state index is 12.1. The molecule has 5 heteroatoms. The third-order valence-electron chi connectivity index (χ3n) is 4.21. The van der Waals surface area contributed by atoms with Crippen molar-refractivity contribution in [2.45, 2.75) is 39.2 Å². The van der Waals surface area contributed by atoms with Gasteiger partial charge in [0.2, 0.25) is 5.91 Å². The second kappa shape index (κ2) is 9.30. The molecule has 0 radical (unpaired) electrons. The summed E-state index contributed by atoms with van der Waals surface area (Å²) in [5.41, 5.74) is 1.67. The van der Waals surface area contributed by atoms with Crippen molar-refractivity contribution in [1.82, 2.24) is 16.0 Å². The van der Waals surface area contributed by atoms with Crippen LogP contribution in [-0.2, 0) is 11.3 Å². The van der Waals surface area contributed by atoms with Gasteiger partial charge in [-0.1, -0.05) is 25.5 Å². The zero-order valence-corrected chi connectivity index (χ0v) is 13.9. The van der Waals surface area contributed by atoms with Crippen LogP contribution in [0.4, 0.5) is 0 Å². The van der Waals surface area contributed by atoms with Crippen molar-refractivity contribution >= 4 is 11.8 Å². The topological polar surface area (TPSA) is 70.2 Å². The Balaban J connectivity index is 1.78. The largest absolute Gasteiger partial charge is 0.352 e. The van der Waals surface area contributed by atoms with Gasteiger partial charge in [0.25, 0.3) is 5.91 Å². The van der Waals surface area contributed by atoms with Crippen LogP contribution in [0.1, 0.15) is 48.5 Å². The summed E-state index contributed by atoms with van der Waals surface area (Å²) in [4.78, 5) is 24.0. The summed E-state index contributed by atoms with van der Waals surface area (Å²) in [6.07, 6.45) is 3.87. The van der Waals surface area contributed by atoms with E-state index in [4.69, 9.17) is 0 Å². The summed E-state index contributed by atoms with van der Waals surface area (Å²) in [7, 11) is 0. The Morgan fingerprint density at radius 1 is 1.13 bits per heavy atom. The maximum atomic E-state index is 12.1. The Morgan fingerprint density at radius 2 is 1.83 bits per heavy atom. The maximum Gasteiger partial charge on any atom is 0.251 e. The molecule has 0 saturated carbocycles. The van der Waals surface area contributed by atoms with E-state index in [-0.39, 0.29) is 17.7 Å². The fourth-order valence-corrected chi connectivity index (χ4v) is 2.67. The van der Waals surface area contributed by atoms with E-state index in [1.165, 1.54) is 0 Å². The molecule has 0 aromatic heterocycles. The molecule has 2 rings (SSSR count). The molecule has 1 heterocycles. The Bertz CT molecular complexity index is 508. The molecule has 1 aromatic carbocycles. The fraction of sp³-hybridized carbons (Fsp3) is 0.556. The second-order valence-electron chi connectivity index (χ2n) is 6.05. The van der Waals surface area contributed by atoms with Crippen molar-refractivity contribution in [3.63, 3.8) is 0 Å². The minimum absolute atomic E-state index is 0.0382. The third-order valence-corrected chi connectivity index (χ3v) is 4.21. The van der Waals surface area contributed by atoms with Crippen LogP contribution in [0.15, 0.2) is 24.3 Å². The van der Waals surface area contributed by atoms with Gasteiger partial charge in [-0.05, 0) is 50.0 Å². The molecule has 0 aliphatic carbocycles. The van der Waals surface area contributed by atoms with Gasteiger partial charge in [0, 0.05) is 24.6 Å². The first-order valence-corrected chi connectivity index (χ1v) is 8.56. The molecule has 1 aliphatic heterocycles. The van der Waals surface area contributed by atoms with Gasteiger partial charge in [-0.15, -0.1) is 0 Å². The average molecular weight is 317 g/mol. The Hall–Kier alpha value is -1.88. The molecule has 1 saturated heterocycles. The number of rotatable bonds is 7. The number of amides is 2. The molecular formula is C18H27N3O2. The van der Waals surface area contributed by atoms with Gasteiger partial charge in [0.05, 0.1) is 0 Å². The van der Waals surface area contributed by atoms with Gasteiger partial charge in [-0.2, -0.15) is 0 Å². The van der Waals surface area contributed by atoms with Gasteiger partial charge >= 0.3 is 0 Å². The highest BCUT2D eigenvalue weighted by atomic mass is 16.2. The highest BCUT2D eigenvalue weighted by Gasteiger charge is 2.20. The number of unbranched alkanes of at least 4 members (excludes halogenated alkanes) is 1. The lowest BCUT2D eigenvalue weighted by Crippen LogP contribution is -2.37. The number of piperidine rings is 1. The Kier molecular flexibility index (Phi) is 7.07. The zero-order chi connectivity index (χ0) is 16.5. The third kappa shape index (κ3) is 5.67. The average Bonchev–Trinajstić information content (AvgIpc) is 2.61. The van der Waals surface area contributed by atoms with E-state index in [1.807, 2.05) is 24.3 Å². The lowest BCUT2D eigenvalue weighted by atomic mass is 9.97. The van der Waals surface area contributed by atoms with Gasteiger partial charge in [0.15, 0.2) is 0 Å². The van der Waals surface area contributed by atoms with Crippen LogP contribution in [0, 0.1) is 5.92 Å². The van der Waals surface area contributed by atoms with Crippen LogP contribution in [0.3, 0.4) is 0 Å². The van der Waals surface area contributed by atoms with Crippen molar-refractivity contribution in [1.29, 1.82) is 0 Å². The van der Waals surface area contributed by atoms with E-state index in [0.717, 1.165) is 44.3 Å². The molecule has 23 heavy (non-hydrogen) atoms. The molecule has 1 aromatic rings. The summed E-state index contributed by atoms with van der Waals surface area (Å²) >= 11 is 0. The summed E-state index contributed by atoms with van der Waals surface area (Å²) in [6.45, 7) is 5.16. The highest BCUT2D eigenvalue weighted by molar-refractivity contribution is 5.94. The Labute approximate surface area is 138 Å².